The zero-order chi connectivity index (χ0) is 13.1. The van der Waals surface area contributed by atoms with Crippen LogP contribution in [0.5, 0.6) is 0 Å². The van der Waals surface area contributed by atoms with Gasteiger partial charge in [-0.15, -0.1) is 0 Å². The molecule has 0 saturated carbocycles. The summed E-state index contributed by atoms with van der Waals surface area (Å²) in [6.45, 7) is 4.63. The van der Waals surface area contributed by atoms with Crippen LogP contribution in [0.2, 0.25) is 0 Å². The molecule has 0 bridgehead atoms. The van der Waals surface area contributed by atoms with Gasteiger partial charge in [0.15, 0.2) is 0 Å². The summed E-state index contributed by atoms with van der Waals surface area (Å²) in [7, 11) is 2.19. The molecule has 0 radical (unpaired) electrons. The van der Waals surface area contributed by atoms with Crippen LogP contribution in [-0.2, 0) is 0 Å². The van der Waals surface area contributed by atoms with E-state index in [2.05, 4.69) is 53.0 Å². The lowest BCUT2D eigenvalue weighted by Gasteiger charge is -2.30. The summed E-state index contributed by atoms with van der Waals surface area (Å²) in [5.74, 6) is 0.891. The Kier molecular flexibility index (Phi) is 4.82. The Hall–Kier alpha value is -0.380. The van der Waals surface area contributed by atoms with Crippen molar-refractivity contribution in [2.75, 3.05) is 26.7 Å². The van der Waals surface area contributed by atoms with Crippen molar-refractivity contribution in [3.8, 4) is 0 Å². The molecule has 1 saturated heterocycles. The molecule has 1 heterocycles. The van der Waals surface area contributed by atoms with Crippen LogP contribution in [0.15, 0.2) is 22.7 Å². The first-order valence-corrected chi connectivity index (χ1v) is 7.50. The van der Waals surface area contributed by atoms with E-state index in [9.17, 15) is 5.11 Å². The normalized spacial score (nSPS) is 20.0. The van der Waals surface area contributed by atoms with E-state index in [1.54, 1.807) is 0 Å². The molecule has 0 amide bonds. The highest BCUT2D eigenvalue weighted by molar-refractivity contribution is 9.10. The standard InChI is InChI=1S/C15H22BrNO/c1-11(10-18)13-3-4-14(15(16)9-13)12-5-7-17(2)8-6-12/h3-4,9,11-12,18H,5-8,10H2,1-2H3. The first kappa shape index (κ1) is 14.0. The second-order valence-corrected chi connectivity index (χ2v) is 6.30. The average Bonchev–Trinajstić information content (AvgIpc) is 2.39. The number of rotatable bonds is 3. The molecule has 1 aliphatic heterocycles. The van der Waals surface area contributed by atoms with Crippen LogP contribution in [0.4, 0.5) is 0 Å². The average molecular weight is 312 g/mol. The quantitative estimate of drug-likeness (QED) is 0.925. The minimum Gasteiger partial charge on any atom is -0.396 e. The van der Waals surface area contributed by atoms with Crippen molar-refractivity contribution in [3.05, 3.63) is 33.8 Å². The molecule has 2 nitrogen and oxygen atoms in total. The molecule has 1 atom stereocenters. The van der Waals surface area contributed by atoms with Crippen LogP contribution in [0.1, 0.15) is 42.7 Å². The summed E-state index contributed by atoms with van der Waals surface area (Å²) in [6, 6.07) is 6.58. The highest BCUT2D eigenvalue weighted by Crippen LogP contribution is 2.34. The van der Waals surface area contributed by atoms with Gasteiger partial charge in [-0.25, -0.2) is 0 Å². The maximum absolute atomic E-state index is 9.21. The molecule has 1 fully saturated rings. The fraction of sp³-hybridized carbons (Fsp3) is 0.600. The van der Waals surface area contributed by atoms with Gasteiger partial charge in [-0.3, -0.25) is 0 Å². The number of piperidine rings is 1. The SMILES string of the molecule is CC(CO)c1ccc(C2CCN(C)CC2)c(Br)c1. The minimum atomic E-state index is 0.208. The predicted molar refractivity (Wildman–Crippen MR) is 79.1 cm³/mol. The molecular weight excluding hydrogens is 290 g/mol. The smallest absolute Gasteiger partial charge is 0.0497 e. The van der Waals surface area contributed by atoms with Gasteiger partial charge in [0, 0.05) is 17.0 Å². The van der Waals surface area contributed by atoms with Crippen molar-refractivity contribution < 1.29 is 5.11 Å². The van der Waals surface area contributed by atoms with Gasteiger partial charge >= 0.3 is 0 Å². The lowest BCUT2D eigenvalue weighted by atomic mass is 9.88. The van der Waals surface area contributed by atoms with E-state index in [-0.39, 0.29) is 12.5 Å². The Bertz CT molecular complexity index is 399. The molecule has 0 aromatic heterocycles. The summed E-state index contributed by atoms with van der Waals surface area (Å²) >= 11 is 3.70. The lowest BCUT2D eigenvalue weighted by Crippen LogP contribution is -2.29. The minimum absolute atomic E-state index is 0.208. The number of hydrogen-bond acceptors (Lipinski definition) is 2. The van der Waals surface area contributed by atoms with Gasteiger partial charge < -0.3 is 10.0 Å². The van der Waals surface area contributed by atoms with E-state index in [0.717, 1.165) is 0 Å². The molecule has 1 aromatic carbocycles. The fourth-order valence-electron chi connectivity index (χ4n) is 2.61. The van der Waals surface area contributed by atoms with Gasteiger partial charge in [-0.1, -0.05) is 35.0 Å². The monoisotopic (exact) mass is 311 g/mol. The van der Waals surface area contributed by atoms with Crippen LogP contribution < -0.4 is 0 Å². The van der Waals surface area contributed by atoms with E-state index in [4.69, 9.17) is 0 Å². The van der Waals surface area contributed by atoms with Gasteiger partial charge in [-0.2, -0.15) is 0 Å². The third kappa shape index (κ3) is 3.14. The van der Waals surface area contributed by atoms with Crippen molar-refractivity contribution >= 4 is 15.9 Å². The first-order valence-electron chi connectivity index (χ1n) is 6.70. The predicted octanol–water partition coefficient (Wildman–Crippen LogP) is 3.35. The molecular formula is C15H22BrNO. The summed E-state index contributed by atoms with van der Waals surface area (Å²) in [5.41, 5.74) is 2.64. The second kappa shape index (κ2) is 6.18. The Morgan fingerprint density at radius 2 is 2.06 bits per heavy atom. The van der Waals surface area contributed by atoms with Gasteiger partial charge in [0.1, 0.15) is 0 Å². The van der Waals surface area contributed by atoms with Crippen molar-refractivity contribution in [3.63, 3.8) is 0 Å². The summed E-state index contributed by atoms with van der Waals surface area (Å²) in [6.07, 6.45) is 2.48. The highest BCUT2D eigenvalue weighted by Gasteiger charge is 2.20. The Labute approximate surface area is 118 Å². The molecule has 1 aliphatic rings. The summed E-state index contributed by atoms with van der Waals surface area (Å²) in [4.78, 5) is 2.40. The Morgan fingerprint density at radius 1 is 1.39 bits per heavy atom. The zero-order valence-corrected chi connectivity index (χ0v) is 12.8. The maximum Gasteiger partial charge on any atom is 0.0497 e. The fourth-order valence-corrected chi connectivity index (χ4v) is 3.33. The number of nitrogens with zero attached hydrogens (tertiary/aromatic N) is 1. The number of aliphatic hydroxyl groups is 1. The van der Waals surface area contributed by atoms with Crippen LogP contribution in [0, 0.1) is 0 Å². The summed E-state index contributed by atoms with van der Waals surface area (Å²) in [5, 5.41) is 9.21. The molecule has 2 rings (SSSR count). The van der Waals surface area contributed by atoms with Gasteiger partial charge in [-0.05, 0) is 56.1 Å². The zero-order valence-electron chi connectivity index (χ0n) is 11.2. The van der Waals surface area contributed by atoms with E-state index in [1.165, 1.54) is 41.5 Å². The largest absolute Gasteiger partial charge is 0.396 e. The van der Waals surface area contributed by atoms with E-state index >= 15 is 0 Å². The van der Waals surface area contributed by atoms with E-state index < -0.39 is 0 Å². The molecule has 3 heteroatoms. The number of halogens is 1. The molecule has 0 aliphatic carbocycles. The topological polar surface area (TPSA) is 23.5 Å². The molecule has 100 valence electrons. The number of benzene rings is 1. The number of aliphatic hydroxyl groups excluding tert-OH is 1. The molecule has 0 spiro atoms. The Balaban J connectivity index is 2.14. The van der Waals surface area contributed by atoms with E-state index in [0.29, 0.717) is 5.92 Å². The van der Waals surface area contributed by atoms with Crippen molar-refractivity contribution in [1.82, 2.24) is 4.90 Å². The second-order valence-electron chi connectivity index (χ2n) is 5.44. The van der Waals surface area contributed by atoms with Crippen molar-refractivity contribution in [1.29, 1.82) is 0 Å². The van der Waals surface area contributed by atoms with Gasteiger partial charge in [0.05, 0.1) is 0 Å². The molecule has 1 unspecified atom stereocenters. The van der Waals surface area contributed by atoms with Crippen LogP contribution >= 0.6 is 15.9 Å². The van der Waals surface area contributed by atoms with E-state index in [1.807, 2.05) is 0 Å². The van der Waals surface area contributed by atoms with Crippen molar-refractivity contribution in [2.45, 2.75) is 31.6 Å². The van der Waals surface area contributed by atoms with Gasteiger partial charge in [0.2, 0.25) is 0 Å². The number of likely N-dealkylation sites (tertiary alicyclic amines) is 1. The third-order valence-corrected chi connectivity index (χ3v) is 4.71. The maximum atomic E-state index is 9.21. The number of hydrogen-bond donors (Lipinski definition) is 1. The van der Waals surface area contributed by atoms with Crippen LogP contribution in [0.25, 0.3) is 0 Å². The van der Waals surface area contributed by atoms with Crippen LogP contribution in [-0.4, -0.2) is 36.8 Å². The highest BCUT2D eigenvalue weighted by atomic mass is 79.9. The first-order chi connectivity index (χ1) is 8.61. The molecule has 1 aromatic rings. The molecule has 1 N–H and O–H groups in total. The lowest BCUT2D eigenvalue weighted by molar-refractivity contribution is 0.255. The van der Waals surface area contributed by atoms with Crippen LogP contribution in [0.3, 0.4) is 0 Å². The molecule has 18 heavy (non-hydrogen) atoms. The van der Waals surface area contributed by atoms with Crippen molar-refractivity contribution in [2.24, 2.45) is 0 Å². The third-order valence-electron chi connectivity index (χ3n) is 4.03. The summed E-state index contributed by atoms with van der Waals surface area (Å²) < 4.78 is 1.20. The van der Waals surface area contributed by atoms with Gasteiger partial charge in [0.25, 0.3) is 0 Å². The Morgan fingerprint density at radius 3 is 2.61 bits per heavy atom.